The average molecular weight is 699 g/mol. The van der Waals surface area contributed by atoms with Gasteiger partial charge in [-0.2, -0.15) is 0 Å². The summed E-state index contributed by atoms with van der Waals surface area (Å²) in [5.74, 6) is 0.553. The van der Waals surface area contributed by atoms with Gasteiger partial charge in [0.25, 0.3) is 5.91 Å². The van der Waals surface area contributed by atoms with Crippen molar-refractivity contribution < 1.29 is 24.2 Å². The third kappa shape index (κ3) is 16.2. The molecule has 4 aromatic rings. The molecule has 4 rings (SSSR count). The normalized spacial score (nSPS) is 11.7. The Morgan fingerprint density at radius 2 is 1.06 bits per heavy atom. The molecule has 0 fully saturated rings. The van der Waals surface area contributed by atoms with Crippen molar-refractivity contribution in [1.82, 2.24) is 15.1 Å². The number of aromatic carboxylic acids is 1. The van der Waals surface area contributed by atoms with Crippen LogP contribution in [0.15, 0.2) is 109 Å². The van der Waals surface area contributed by atoms with Crippen LogP contribution in [0.2, 0.25) is 0 Å². The summed E-state index contributed by atoms with van der Waals surface area (Å²) in [4.78, 5) is 27.2. The largest absolute Gasteiger partial charge is 0.494 e. The van der Waals surface area contributed by atoms with Crippen LogP contribution >= 0.6 is 0 Å². The summed E-state index contributed by atoms with van der Waals surface area (Å²) in [5.41, 5.74) is 9.07. The first-order chi connectivity index (χ1) is 24.6. The molecule has 9 heteroatoms. The zero-order chi connectivity index (χ0) is 37.4. The van der Waals surface area contributed by atoms with Gasteiger partial charge in [0.2, 0.25) is 0 Å². The van der Waals surface area contributed by atoms with E-state index in [9.17, 15) is 9.59 Å². The number of nitrogens with two attached hydrogens (primary N) is 1. The smallest absolute Gasteiger partial charge is 0.335 e. The van der Waals surface area contributed by atoms with Gasteiger partial charge in [0.05, 0.1) is 24.8 Å². The number of ether oxygens (including phenoxy) is 2. The molecule has 0 heterocycles. The number of benzene rings is 4. The topological polar surface area (TPSA) is 117 Å². The average Bonchev–Trinajstić information content (AvgIpc) is 3.14. The number of carboxylic acid groups (broad SMARTS) is 1. The second-order valence-electron chi connectivity index (χ2n) is 12.5. The van der Waals surface area contributed by atoms with Crippen LogP contribution in [0.3, 0.4) is 0 Å². The second kappa shape index (κ2) is 24.4. The third-order valence-corrected chi connectivity index (χ3v) is 8.05. The zero-order valence-corrected chi connectivity index (χ0v) is 31.3. The highest BCUT2D eigenvalue weighted by molar-refractivity contribution is 5.94. The predicted octanol–water partition coefficient (Wildman–Crippen LogP) is 7.71. The van der Waals surface area contributed by atoms with Crippen molar-refractivity contribution in [2.24, 2.45) is 5.73 Å². The molecule has 51 heavy (non-hydrogen) atoms. The fraction of sp³-hybridized carbons (Fsp3) is 0.381. The number of hydrogen-bond donors (Lipinski definition) is 3. The van der Waals surface area contributed by atoms with Gasteiger partial charge in [-0.05, 0) is 101 Å². The van der Waals surface area contributed by atoms with Crippen LogP contribution in [0, 0.1) is 0 Å². The third-order valence-electron chi connectivity index (χ3n) is 8.05. The van der Waals surface area contributed by atoms with E-state index in [-0.39, 0.29) is 17.5 Å². The fourth-order valence-electron chi connectivity index (χ4n) is 4.95. The molecular weight excluding hydrogens is 640 g/mol. The molecule has 0 saturated heterocycles. The molecule has 4 aromatic carbocycles. The molecule has 2 unspecified atom stereocenters. The fourth-order valence-corrected chi connectivity index (χ4v) is 4.95. The standard InChI is InChI=1S/C21H28N2O2.C11H14O3.C10H16N2/c1-4-5-15-25-19-13-11-18(12-14-19)21(24)22-16-20(23(2)3)17-9-7-6-8-10-17;1-2-3-8-14-10-6-4-9(5-7-10)11(12)13;1-12(2)10(8-11)9-6-4-3-5-7-9/h6-14,20H,4-5,15-16H2,1-3H3,(H,22,24);4-7H,2-3,8H2,1H3,(H,12,13);3-7,10H,8,11H2,1-2H3. The first-order valence-corrected chi connectivity index (χ1v) is 17.7. The van der Waals surface area contributed by atoms with Crippen molar-refractivity contribution in [2.75, 3.05) is 54.5 Å². The Hall–Kier alpha value is -4.70. The molecule has 0 spiro atoms. The monoisotopic (exact) mass is 698 g/mol. The molecule has 4 N–H and O–H groups in total. The number of carbonyl (C=O) groups is 2. The van der Waals surface area contributed by atoms with Gasteiger partial charge in [0.15, 0.2) is 0 Å². The van der Waals surface area contributed by atoms with Gasteiger partial charge in [-0.1, -0.05) is 87.4 Å². The predicted molar refractivity (Wildman–Crippen MR) is 208 cm³/mol. The van der Waals surface area contributed by atoms with Gasteiger partial charge in [-0.3, -0.25) is 4.79 Å². The zero-order valence-electron chi connectivity index (χ0n) is 31.3. The first-order valence-electron chi connectivity index (χ1n) is 17.7. The number of nitrogens with zero attached hydrogens (tertiary/aromatic N) is 2. The number of rotatable bonds is 17. The van der Waals surface area contributed by atoms with Gasteiger partial charge in [-0.25, -0.2) is 4.79 Å². The van der Waals surface area contributed by atoms with Gasteiger partial charge in [-0.15, -0.1) is 0 Å². The summed E-state index contributed by atoms with van der Waals surface area (Å²) < 4.78 is 11.0. The lowest BCUT2D eigenvalue weighted by Crippen LogP contribution is -2.34. The molecule has 0 aliphatic rings. The molecule has 0 aliphatic heterocycles. The van der Waals surface area contributed by atoms with E-state index in [0.717, 1.165) is 37.2 Å². The highest BCUT2D eigenvalue weighted by Crippen LogP contribution is 2.18. The number of carboxylic acids is 1. The number of hydrogen-bond acceptors (Lipinski definition) is 7. The lowest BCUT2D eigenvalue weighted by atomic mass is 10.1. The van der Waals surface area contributed by atoms with E-state index in [4.69, 9.17) is 20.3 Å². The summed E-state index contributed by atoms with van der Waals surface area (Å²) in [5, 5.41) is 11.7. The van der Waals surface area contributed by atoms with Crippen molar-refractivity contribution in [3.8, 4) is 11.5 Å². The Kier molecular flexibility index (Phi) is 20.4. The molecule has 276 valence electrons. The summed E-state index contributed by atoms with van der Waals surface area (Å²) in [6, 6.07) is 34.8. The summed E-state index contributed by atoms with van der Waals surface area (Å²) in [7, 11) is 8.13. The maximum atomic E-state index is 12.4. The maximum absolute atomic E-state index is 12.4. The Morgan fingerprint density at radius 3 is 1.43 bits per heavy atom. The van der Waals surface area contributed by atoms with Crippen molar-refractivity contribution in [1.29, 1.82) is 0 Å². The summed E-state index contributed by atoms with van der Waals surface area (Å²) in [6.45, 7) is 6.85. The molecule has 2 atom stereocenters. The van der Waals surface area contributed by atoms with Crippen LogP contribution in [0.1, 0.15) is 83.5 Å². The van der Waals surface area contributed by atoms with E-state index in [1.54, 1.807) is 24.3 Å². The molecule has 9 nitrogen and oxygen atoms in total. The minimum Gasteiger partial charge on any atom is -0.494 e. The first kappa shape index (κ1) is 42.5. The lowest BCUT2D eigenvalue weighted by Gasteiger charge is -2.25. The number of carbonyl (C=O) groups excluding carboxylic acids is 1. The minimum atomic E-state index is -0.912. The van der Waals surface area contributed by atoms with Crippen LogP contribution in [-0.2, 0) is 0 Å². The Balaban J connectivity index is 0.000000292. The number of nitrogens with one attached hydrogen (secondary N) is 1. The van der Waals surface area contributed by atoms with Gasteiger partial charge >= 0.3 is 5.97 Å². The van der Waals surface area contributed by atoms with E-state index < -0.39 is 5.97 Å². The minimum absolute atomic E-state index is 0.0668. The molecular formula is C42H58N4O5. The van der Waals surface area contributed by atoms with E-state index in [1.165, 1.54) is 11.1 Å². The molecule has 0 radical (unpaired) electrons. The van der Waals surface area contributed by atoms with Gasteiger partial charge in [0.1, 0.15) is 11.5 Å². The SMILES string of the molecule is CCCCOc1ccc(C(=O)NCC(c2ccccc2)N(C)C)cc1.CCCCOc1ccc(C(=O)O)cc1.CN(C)C(CN)c1ccccc1. The highest BCUT2D eigenvalue weighted by atomic mass is 16.5. The molecule has 0 aromatic heterocycles. The Labute approximate surface area is 305 Å². The molecule has 1 amide bonds. The summed E-state index contributed by atoms with van der Waals surface area (Å²) >= 11 is 0. The second-order valence-corrected chi connectivity index (χ2v) is 12.5. The van der Waals surface area contributed by atoms with E-state index in [2.05, 4.69) is 53.2 Å². The molecule has 0 saturated carbocycles. The van der Waals surface area contributed by atoms with Crippen LogP contribution in [-0.4, -0.2) is 81.3 Å². The Bertz CT molecular complexity index is 1500. The van der Waals surface area contributed by atoms with Crippen LogP contribution in [0.25, 0.3) is 0 Å². The van der Waals surface area contributed by atoms with E-state index in [0.29, 0.717) is 37.9 Å². The quantitative estimate of drug-likeness (QED) is 0.0961. The van der Waals surface area contributed by atoms with Crippen molar-refractivity contribution in [2.45, 2.75) is 51.6 Å². The van der Waals surface area contributed by atoms with Crippen LogP contribution in [0.4, 0.5) is 0 Å². The van der Waals surface area contributed by atoms with Crippen molar-refractivity contribution in [3.63, 3.8) is 0 Å². The van der Waals surface area contributed by atoms with Crippen LogP contribution < -0.4 is 20.5 Å². The Morgan fingerprint density at radius 1 is 0.647 bits per heavy atom. The summed E-state index contributed by atoms with van der Waals surface area (Å²) in [6.07, 6.45) is 4.25. The lowest BCUT2D eigenvalue weighted by molar-refractivity contribution is 0.0696. The van der Waals surface area contributed by atoms with Crippen molar-refractivity contribution >= 4 is 11.9 Å². The van der Waals surface area contributed by atoms with Crippen LogP contribution in [0.5, 0.6) is 11.5 Å². The molecule has 0 aliphatic carbocycles. The highest BCUT2D eigenvalue weighted by Gasteiger charge is 2.16. The van der Waals surface area contributed by atoms with Gasteiger partial charge in [0, 0.05) is 24.7 Å². The van der Waals surface area contributed by atoms with E-state index >= 15 is 0 Å². The maximum Gasteiger partial charge on any atom is 0.335 e. The molecule has 0 bridgehead atoms. The van der Waals surface area contributed by atoms with E-state index in [1.807, 2.05) is 88.9 Å². The number of amides is 1. The van der Waals surface area contributed by atoms with Crippen molar-refractivity contribution in [3.05, 3.63) is 131 Å². The van der Waals surface area contributed by atoms with Gasteiger partial charge < -0.3 is 35.4 Å². The number of unbranched alkanes of at least 4 members (excludes halogenated alkanes) is 2. The number of likely N-dealkylation sites (N-methyl/N-ethyl adjacent to an activating group) is 2.